The molecule has 0 aliphatic heterocycles. The molecule has 0 atom stereocenters. The van der Waals surface area contributed by atoms with Gasteiger partial charge in [-0.3, -0.25) is 4.79 Å². The molecule has 1 N–H and O–H groups in total. The van der Waals surface area contributed by atoms with Gasteiger partial charge in [-0.25, -0.2) is 5.43 Å². The molecule has 1 aromatic heterocycles. The molecule has 5 nitrogen and oxygen atoms in total. The van der Waals surface area contributed by atoms with Gasteiger partial charge < -0.3 is 9.47 Å². The van der Waals surface area contributed by atoms with E-state index in [-0.39, 0.29) is 5.91 Å². The maximum absolute atomic E-state index is 12.2. The van der Waals surface area contributed by atoms with Gasteiger partial charge in [-0.15, -0.1) is 11.3 Å². The molecule has 1 aromatic carbocycles. The quantitative estimate of drug-likeness (QED) is 0.565. The number of nitrogens with zero attached hydrogens (tertiary/aromatic N) is 1. The highest BCUT2D eigenvalue weighted by Gasteiger charge is 2.11. The van der Waals surface area contributed by atoms with Crippen LogP contribution in [-0.4, -0.2) is 25.8 Å². The van der Waals surface area contributed by atoms with Crippen LogP contribution in [0.15, 0.2) is 34.7 Å². The van der Waals surface area contributed by atoms with Gasteiger partial charge in [-0.05, 0) is 54.5 Å². The molecule has 1 amide bonds. The Kier molecular flexibility index (Phi) is 7.01. The molecular weight excluding hydrogens is 336 g/mol. The number of hydrazone groups is 1. The molecular formula is C19H24N2O3S. The molecule has 0 radical (unpaired) electrons. The summed E-state index contributed by atoms with van der Waals surface area (Å²) in [6, 6.07) is 7.12. The van der Waals surface area contributed by atoms with Gasteiger partial charge >= 0.3 is 0 Å². The summed E-state index contributed by atoms with van der Waals surface area (Å²) in [5, 5.41) is 6.00. The van der Waals surface area contributed by atoms with Crippen LogP contribution < -0.4 is 14.9 Å². The highest BCUT2D eigenvalue weighted by Crippen LogP contribution is 2.28. The number of ether oxygens (including phenoxy) is 2. The van der Waals surface area contributed by atoms with Crippen LogP contribution in [0.25, 0.3) is 0 Å². The van der Waals surface area contributed by atoms with Crippen LogP contribution >= 0.6 is 11.3 Å². The maximum Gasteiger partial charge on any atom is 0.271 e. The number of thiophene rings is 1. The minimum Gasteiger partial charge on any atom is -0.493 e. The Labute approximate surface area is 152 Å². The molecule has 2 aromatic rings. The average Bonchev–Trinajstić information content (AvgIpc) is 2.99. The monoisotopic (exact) mass is 360 g/mol. The van der Waals surface area contributed by atoms with Crippen molar-refractivity contribution in [2.24, 2.45) is 11.0 Å². The summed E-state index contributed by atoms with van der Waals surface area (Å²) >= 11 is 1.58. The molecule has 134 valence electrons. The van der Waals surface area contributed by atoms with E-state index in [2.05, 4.69) is 24.4 Å². The molecule has 0 unspecified atom stereocenters. The molecule has 0 aliphatic carbocycles. The predicted octanol–water partition coefficient (Wildman–Crippen LogP) is 4.25. The minimum atomic E-state index is -0.294. The van der Waals surface area contributed by atoms with Gasteiger partial charge in [-0.1, -0.05) is 13.8 Å². The lowest BCUT2D eigenvalue weighted by molar-refractivity contribution is 0.0954. The van der Waals surface area contributed by atoms with E-state index in [1.807, 2.05) is 18.4 Å². The van der Waals surface area contributed by atoms with Crippen molar-refractivity contribution in [3.8, 4) is 11.5 Å². The first-order chi connectivity index (χ1) is 12.0. The van der Waals surface area contributed by atoms with E-state index in [0.29, 0.717) is 29.6 Å². The topological polar surface area (TPSA) is 59.9 Å². The first-order valence-electron chi connectivity index (χ1n) is 8.19. The van der Waals surface area contributed by atoms with Crippen molar-refractivity contribution >= 4 is 23.5 Å². The van der Waals surface area contributed by atoms with Gasteiger partial charge in [0.2, 0.25) is 0 Å². The van der Waals surface area contributed by atoms with Crippen molar-refractivity contribution in [2.45, 2.75) is 27.2 Å². The molecule has 0 aliphatic rings. The average molecular weight is 360 g/mol. The standard InChI is InChI=1S/C19H24N2O3S/c1-13(2)7-9-24-16-6-5-15(11-17(16)23-4)19(22)21-20-12-18-14(3)8-10-25-18/h5-6,8,10-13H,7,9H2,1-4H3,(H,21,22)/b20-12+. The van der Waals surface area contributed by atoms with Crippen LogP contribution in [0.5, 0.6) is 11.5 Å². The second-order valence-electron chi connectivity index (χ2n) is 6.06. The van der Waals surface area contributed by atoms with Crippen molar-refractivity contribution in [3.05, 3.63) is 45.6 Å². The third kappa shape index (κ3) is 5.60. The van der Waals surface area contributed by atoms with Crippen molar-refractivity contribution in [1.29, 1.82) is 0 Å². The molecule has 25 heavy (non-hydrogen) atoms. The number of carbonyl (C=O) groups excluding carboxylic acids is 1. The van der Waals surface area contributed by atoms with Gasteiger partial charge in [0, 0.05) is 10.4 Å². The third-order valence-corrected chi connectivity index (χ3v) is 4.58. The van der Waals surface area contributed by atoms with Crippen LogP contribution in [0.1, 0.15) is 41.1 Å². The van der Waals surface area contributed by atoms with Crippen LogP contribution in [0.2, 0.25) is 0 Å². The van der Waals surface area contributed by atoms with E-state index in [0.717, 1.165) is 16.9 Å². The fourth-order valence-electron chi connectivity index (χ4n) is 2.06. The van der Waals surface area contributed by atoms with Gasteiger partial charge in [-0.2, -0.15) is 5.10 Å². The molecule has 0 fully saturated rings. The highest BCUT2D eigenvalue weighted by atomic mass is 32.1. The summed E-state index contributed by atoms with van der Waals surface area (Å²) in [7, 11) is 1.56. The van der Waals surface area contributed by atoms with E-state index in [4.69, 9.17) is 9.47 Å². The molecule has 0 saturated heterocycles. The number of rotatable bonds is 8. The number of aryl methyl sites for hydroxylation is 1. The van der Waals surface area contributed by atoms with Crippen LogP contribution in [0, 0.1) is 12.8 Å². The van der Waals surface area contributed by atoms with Gasteiger partial charge in [0.15, 0.2) is 11.5 Å². The second kappa shape index (κ2) is 9.22. The molecule has 0 saturated carbocycles. The number of benzene rings is 1. The summed E-state index contributed by atoms with van der Waals surface area (Å²) in [5.74, 6) is 1.45. The number of nitrogens with one attached hydrogen (secondary N) is 1. The van der Waals surface area contributed by atoms with E-state index in [1.54, 1.807) is 42.9 Å². The lowest BCUT2D eigenvalue weighted by atomic mass is 10.1. The highest BCUT2D eigenvalue weighted by molar-refractivity contribution is 7.11. The Hall–Kier alpha value is -2.34. The normalized spacial score (nSPS) is 11.1. The fraction of sp³-hybridized carbons (Fsp3) is 0.368. The Morgan fingerprint density at radius 1 is 1.32 bits per heavy atom. The molecule has 6 heteroatoms. The summed E-state index contributed by atoms with van der Waals surface area (Å²) in [6.07, 6.45) is 2.61. The van der Waals surface area contributed by atoms with Crippen LogP contribution in [0.4, 0.5) is 0 Å². The molecule has 0 spiro atoms. The zero-order valence-corrected chi connectivity index (χ0v) is 15.9. The van der Waals surface area contributed by atoms with Gasteiger partial charge in [0.25, 0.3) is 5.91 Å². The minimum absolute atomic E-state index is 0.294. The van der Waals surface area contributed by atoms with Crippen molar-refractivity contribution < 1.29 is 14.3 Å². The zero-order valence-electron chi connectivity index (χ0n) is 15.0. The number of methoxy groups -OCH3 is 1. The Bertz CT molecular complexity index is 738. The largest absolute Gasteiger partial charge is 0.493 e. The molecule has 2 rings (SSSR count). The van der Waals surface area contributed by atoms with Gasteiger partial charge in [0.05, 0.1) is 19.9 Å². The fourth-order valence-corrected chi connectivity index (χ4v) is 2.85. The Balaban J connectivity index is 1.99. The third-order valence-electron chi connectivity index (χ3n) is 3.63. The molecule has 0 bridgehead atoms. The number of hydrogen-bond donors (Lipinski definition) is 1. The summed E-state index contributed by atoms with van der Waals surface area (Å²) in [5.41, 5.74) is 4.13. The first kappa shape index (κ1) is 19.0. The predicted molar refractivity (Wildman–Crippen MR) is 102 cm³/mol. The van der Waals surface area contributed by atoms with Gasteiger partial charge in [0.1, 0.15) is 0 Å². The lowest BCUT2D eigenvalue weighted by Gasteiger charge is -2.12. The van der Waals surface area contributed by atoms with Crippen molar-refractivity contribution in [2.75, 3.05) is 13.7 Å². The lowest BCUT2D eigenvalue weighted by Crippen LogP contribution is -2.17. The second-order valence-corrected chi connectivity index (χ2v) is 7.01. The van der Waals surface area contributed by atoms with Crippen molar-refractivity contribution in [1.82, 2.24) is 5.43 Å². The number of carbonyl (C=O) groups is 1. The Morgan fingerprint density at radius 2 is 2.12 bits per heavy atom. The van der Waals surface area contributed by atoms with Crippen LogP contribution in [0.3, 0.4) is 0 Å². The van der Waals surface area contributed by atoms with Crippen LogP contribution in [-0.2, 0) is 0 Å². The number of hydrogen-bond acceptors (Lipinski definition) is 5. The smallest absolute Gasteiger partial charge is 0.271 e. The summed E-state index contributed by atoms with van der Waals surface area (Å²) in [4.78, 5) is 13.2. The van der Waals surface area contributed by atoms with E-state index < -0.39 is 0 Å². The molecule has 1 heterocycles. The van der Waals surface area contributed by atoms with E-state index in [1.165, 1.54) is 0 Å². The summed E-state index contributed by atoms with van der Waals surface area (Å²) in [6.45, 7) is 6.91. The Morgan fingerprint density at radius 3 is 2.76 bits per heavy atom. The van der Waals surface area contributed by atoms with E-state index >= 15 is 0 Å². The maximum atomic E-state index is 12.2. The zero-order chi connectivity index (χ0) is 18.2. The SMILES string of the molecule is COc1cc(C(=O)N/N=C/c2sccc2C)ccc1OCCC(C)C. The first-order valence-corrected chi connectivity index (χ1v) is 9.07. The number of amides is 1. The summed E-state index contributed by atoms with van der Waals surface area (Å²) < 4.78 is 11.1. The van der Waals surface area contributed by atoms with E-state index in [9.17, 15) is 4.79 Å². The van der Waals surface area contributed by atoms with Crippen molar-refractivity contribution in [3.63, 3.8) is 0 Å².